The van der Waals surface area contributed by atoms with Gasteiger partial charge in [0.05, 0.1) is 15.6 Å². The van der Waals surface area contributed by atoms with Gasteiger partial charge in [0.25, 0.3) is 5.69 Å². The smallest absolute Gasteiger partial charge is 0.283 e. The van der Waals surface area contributed by atoms with Gasteiger partial charge in [0.1, 0.15) is 0 Å². The SMILES string of the molecule is CC(C)N(Cc1ccccc1)C(=O)CSc1ccc(C(N)=O)cc1[N+](=O)[O-]. The van der Waals surface area contributed by atoms with E-state index in [-0.39, 0.29) is 29.0 Å². The minimum atomic E-state index is -0.737. The van der Waals surface area contributed by atoms with Gasteiger partial charge in [0.15, 0.2) is 0 Å². The van der Waals surface area contributed by atoms with E-state index in [2.05, 4.69) is 0 Å². The van der Waals surface area contributed by atoms with Crippen LogP contribution in [-0.4, -0.2) is 33.4 Å². The van der Waals surface area contributed by atoms with Crippen LogP contribution in [0.2, 0.25) is 0 Å². The Bertz CT molecular complexity index is 840. The minimum absolute atomic E-state index is 0.00877. The number of nitrogens with two attached hydrogens (primary N) is 1. The number of carbonyl (C=O) groups excluding carboxylic acids is 2. The lowest BCUT2D eigenvalue weighted by molar-refractivity contribution is -0.387. The number of rotatable bonds is 8. The average Bonchev–Trinajstić information content (AvgIpc) is 2.64. The topological polar surface area (TPSA) is 107 Å². The molecule has 0 aliphatic heterocycles. The standard InChI is InChI=1S/C19H21N3O4S/c1-13(2)21(11-14-6-4-3-5-7-14)18(23)12-27-17-9-8-15(19(20)24)10-16(17)22(25)26/h3-10,13H,11-12H2,1-2H3,(H2,20,24). The Labute approximate surface area is 161 Å². The summed E-state index contributed by atoms with van der Waals surface area (Å²) in [4.78, 5) is 36.6. The van der Waals surface area contributed by atoms with Crippen LogP contribution in [0.15, 0.2) is 53.4 Å². The summed E-state index contributed by atoms with van der Waals surface area (Å²) in [5, 5.41) is 11.3. The second-order valence-electron chi connectivity index (χ2n) is 6.19. The molecule has 8 heteroatoms. The van der Waals surface area contributed by atoms with Crippen molar-refractivity contribution in [2.75, 3.05) is 5.75 Å². The van der Waals surface area contributed by atoms with E-state index in [4.69, 9.17) is 5.73 Å². The first kappa shape index (κ1) is 20.4. The van der Waals surface area contributed by atoms with Crippen LogP contribution in [0, 0.1) is 10.1 Å². The summed E-state index contributed by atoms with van der Waals surface area (Å²) in [6.07, 6.45) is 0. The van der Waals surface area contributed by atoms with Crippen molar-refractivity contribution < 1.29 is 14.5 Å². The molecule has 0 heterocycles. The minimum Gasteiger partial charge on any atom is -0.366 e. The third-order valence-corrected chi connectivity index (χ3v) is 4.98. The second-order valence-corrected chi connectivity index (χ2v) is 7.21. The van der Waals surface area contributed by atoms with Crippen LogP contribution in [0.3, 0.4) is 0 Å². The zero-order chi connectivity index (χ0) is 20.0. The van der Waals surface area contributed by atoms with Crippen LogP contribution in [0.1, 0.15) is 29.8 Å². The third kappa shape index (κ3) is 5.55. The molecule has 7 nitrogen and oxygen atoms in total. The molecule has 142 valence electrons. The molecule has 27 heavy (non-hydrogen) atoms. The van der Waals surface area contributed by atoms with Crippen molar-refractivity contribution >= 4 is 29.3 Å². The lowest BCUT2D eigenvalue weighted by Gasteiger charge is -2.27. The molecular weight excluding hydrogens is 366 g/mol. The van der Waals surface area contributed by atoms with Crippen molar-refractivity contribution in [3.05, 3.63) is 69.8 Å². The largest absolute Gasteiger partial charge is 0.366 e. The number of nitro benzene ring substituents is 1. The lowest BCUT2D eigenvalue weighted by atomic mass is 10.2. The Morgan fingerprint density at radius 1 is 1.19 bits per heavy atom. The van der Waals surface area contributed by atoms with E-state index >= 15 is 0 Å². The molecule has 0 bridgehead atoms. The number of thioether (sulfide) groups is 1. The van der Waals surface area contributed by atoms with E-state index in [1.807, 2.05) is 44.2 Å². The quantitative estimate of drug-likeness (QED) is 0.425. The molecule has 0 aliphatic rings. The van der Waals surface area contributed by atoms with E-state index in [0.717, 1.165) is 23.4 Å². The van der Waals surface area contributed by atoms with E-state index in [1.165, 1.54) is 12.1 Å². The van der Waals surface area contributed by atoms with Gasteiger partial charge in [-0.1, -0.05) is 30.3 Å². The Morgan fingerprint density at radius 2 is 1.85 bits per heavy atom. The molecular formula is C19H21N3O4S. The highest BCUT2D eigenvalue weighted by Crippen LogP contribution is 2.30. The molecule has 0 spiro atoms. The van der Waals surface area contributed by atoms with Gasteiger partial charge in [-0.15, -0.1) is 11.8 Å². The van der Waals surface area contributed by atoms with Gasteiger partial charge in [-0.3, -0.25) is 19.7 Å². The third-order valence-electron chi connectivity index (χ3n) is 3.93. The fourth-order valence-corrected chi connectivity index (χ4v) is 3.39. The van der Waals surface area contributed by atoms with Gasteiger partial charge in [-0.2, -0.15) is 0 Å². The normalized spacial score (nSPS) is 10.6. The van der Waals surface area contributed by atoms with E-state index in [1.54, 1.807) is 4.90 Å². The van der Waals surface area contributed by atoms with Gasteiger partial charge in [0.2, 0.25) is 11.8 Å². The second kappa shape index (κ2) is 9.18. The van der Waals surface area contributed by atoms with Crippen LogP contribution in [0.25, 0.3) is 0 Å². The van der Waals surface area contributed by atoms with Gasteiger partial charge in [0, 0.05) is 24.2 Å². The fourth-order valence-electron chi connectivity index (χ4n) is 2.50. The maximum Gasteiger partial charge on any atom is 0.283 e. The van der Waals surface area contributed by atoms with Crippen LogP contribution in [0.5, 0.6) is 0 Å². The lowest BCUT2D eigenvalue weighted by Crippen LogP contribution is -2.37. The van der Waals surface area contributed by atoms with Crippen molar-refractivity contribution in [1.29, 1.82) is 0 Å². The molecule has 2 aromatic rings. The number of amides is 2. The van der Waals surface area contributed by atoms with Crippen LogP contribution in [0.4, 0.5) is 5.69 Å². The van der Waals surface area contributed by atoms with Crippen molar-refractivity contribution in [3.8, 4) is 0 Å². The molecule has 0 aromatic heterocycles. The van der Waals surface area contributed by atoms with Gasteiger partial charge >= 0.3 is 0 Å². The molecule has 0 atom stereocenters. The summed E-state index contributed by atoms with van der Waals surface area (Å²) in [5.74, 6) is -0.798. The molecule has 2 aromatic carbocycles. The zero-order valence-electron chi connectivity index (χ0n) is 15.1. The number of nitrogens with zero attached hydrogens (tertiary/aromatic N) is 2. The van der Waals surface area contributed by atoms with Crippen LogP contribution in [-0.2, 0) is 11.3 Å². The van der Waals surface area contributed by atoms with Crippen molar-refractivity contribution in [1.82, 2.24) is 4.90 Å². The van der Waals surface area contributed by atoms with Gasteiger partial charge in [-0.05, 0) is 31.5 Å². The maximum absolute atomic E-state index is 12.7. The molecule has 0 radical (unpaired) electrons. The van der Waals surface area contributed by atoms with Crippen LogP contribution >= 0.6 is 11.8 Å². The molecule has 0 saturated heterocycles. The summed E-state index contributed by atoms with van der Waals surface area (Å²) in [5.41, 5.74) is 6.01. The van der Waals surface area contributed by atoms with E-state index in [0.29, 0.717) is 11.4 Å². The molecule has 0 unspecified atom stereocenters. The molecule has 2 amide bonds. The van der Waals surface area contributed by atoms with Gasteiger partial charge in [-0.25, -0.2) is 0 Å². The predicted molar refractivity (Wildman–Crippen MR) is 104 cm³/mol. The summed E-state index contributed by atoms with van der Waals surface area (Å²) in [7, 11) is 0. The van der Waals surface area contributed by atoms with Crippen LogP contribution < -0.4 is 5.73 Å². The van der Waals surface area contributed by atoms with Crippen molar-refractivity contribution in [2.24, 2.45) is 5.73 Å². The molecule has 0 aliphatic carbocycles. The van der Waals surface area contributed by atoms with E-state index < -0.39 is 10.8 Å². The van der Waals surface area contributed by atoms with Crippen molar-refractivity contribution in [3.63, 3.8) is 0 Å². The first-order valence-corrected chi connectivity index (χ1v) is 9.32. The summed E-state index contributed by atoms with van der Waals surface area (Å²) >= 11 is 1.08. The predicted octanol–water partition coefficient (Wildman–Crippen LogP) is 3.22. The first-order chi connectivity index (χ1) is 12.8. The fraction of sp³-hybridized carbons (Fsp3) is 0.263. The number of nitro groups is 1. The summed E-state index contributed by atoms with van der Waals surface area (Å²) in [6, 6.07) is 13.6. The summed E-state index contributed by atoms with van der Waals surface area (Å²) < 4.78 is 0. The highest BCUT2D eigenvalue weighted by molar-refractivity contribution is 8.00. The Kier molecular flexibility index (Phi) is 6.95. The number of carbonyl (C=O) groups is 2. The average molecular weight is 387 g/mol. The monoisotopic (exact) mass is 387 g/mol. The summed E-state index contributed by atoms with van der Waals surface area (Å²) in [6.45, 7) is 4.33. The molecule has 0 saturated carbocycles. The van der Waals surface area contributed by atoms with E-state index in [9.17, 15) is 19.7 Å². The van der Waals surface area contributed by atoms with Gasteiger partial charge < -0.3 is 10.6 Å². The number of hydrogen-bond donors (Lipinski definition) is 1. The molecule has 0 fully saturated rings. The number of hydrogen-bond acceptors (Lipinski definition) is 5. The highest BCUT2D eigenvalue weighted by Gasteiger charge is 2.21. The Morgan fingerprint density at radius 3 is 2.41 bits per heavy atom. The highest BCUT2D eigenvalue weighted by atomic mass is 32.2. The van der Waals surface area contributed by atoms with Crippen molar-refractivity contribution in [2.45, 2.75) is 31.3 Å². The molecule has 2 rings (SSSR count). The zero-order valence-corrected chi connectivity index (χ0v) is 15.9. The molecule has 2 N–H and O–H groups in total. The Hall–Kier alpha value is -2.87. The first-order valence-electron chi connectivity index (χ1n) is 8.34. The Balaban J connectivity index is 2.13. The number of primary amides is 1. The maximum atomic E-state index is 12.7. The number of benzene rings is 2.